The van der Waals surface area contributed by atoms with Crippen molar-refractivity contribution in [2.24, 2.45) is 5.90 Å². The summed E-state index contributed by atoms with van der Waals surface area (Å²) in [7, 11) is 0. The monoisotopic (exact) mass is 238 g/mol. The van der Waals surface area contributed by atoms with Gasteiger partial charge in [-0.25, -0.2) is 9.67 Å². The Morgan fingerprint density at radius 2 is 2.44 bits per heavy atom. The molecule has 0 saturated carbocycles. The van der Waals surface area contributed by atoms with Crippen LogP contribution in [0, 0.1) is 6.92 Å². The molecule has 0 aromatic carbocycles. The molecule has 0 fully saturated rings. The molecule has 0 amide bonds. The van der Waals surface area contributed by atoms with Gasteiger partial charge in [0.25, 0.3) is 0 Å². The van der Waals surface area contributed by atoms with Gasteiger partial charge in [0.15, 0.2) is 0 Å². The standard InChI is InChI=1S/C9H10N4O2S/c1-6-11-4-8(16-6)13-5-7(3-12-13)2-9(14)15-10/h3-5H,2,10H2,1H3. The van der Waals surface area contributed by atoms with E-state index in [1.54, 1.807) is 23.3 Å². The number of nitrogens with zero attached hydrogens (tertiary/aromatic N) is 3. The highest BCUT2D eigenvalue weighted by atomic mass is 32.1. The van der Waals surface area contributed by atoms with E-state index in [4.69, 9.17) is 5.90 Å². The van der Waals surface area contributed by atoms with Gasteiger partial charge in [-0.1, -0.05) is 11.3 Å². The highest BCUT2D eigenvalue weighted by molar-refractivity contribution is 7.14. The third-order valence-corrected chi connectivity index (χ3v) is 2.85. The predicted molar refractivity (Wildman–Crippen MR) is 58.0 cm³/mol. The lowest BCUT2D eigenvalue weighted by Gasteiger charge is -1.94. The Hall–Kier alpha value is -1.73. The van der Waals surface area contributed by atoms with E-state index in [1.165, 1.54) is 11.3 Å². The molecule has 84 valence electrons. The fourth-order valence-corrected chi connectivity index (χ4v) is 1.94. The quantitative estimate of drug-likeness (QED) is 0.791. The first-order chi connectivity index (χ1) is 7.69. The summed E-state index contributed by atoms with van der Waals surface area (Å²) < 4.78 is 1.67. The lowest BCUT2D eigenvalue weighted by molar-refractivity contribution is -0.143. The molecule has 6 nitrogen and oxygen atoms in total. The van der Waals surface area contributed by atoms with Gasteiger partial charge in [0.05, 0.1) is 23.8 Å². The van der Waals surface area contributed by atoms with E-state index in [-0.39, 0.29) is 6.42 Å². The summed E-state index contributed by atoms with van der Waals surface area (Å²) in [5, 5.41) is 6.00. The molecule has 2 heterocycles. The van der Waals surface area contributed by atoms with Crippen molar-refractivity contribution in [3.8, 4) is 5.00 Å². The van der Waals surface area contributed by atoms with Crippen LogP contribution in [0.3, 0.4) is 0 Å². The van der Waals surface area contributed by atoms with Gasteiger partial charge in [-0.05, 0) is 6.92 Å². The van der Waals surface area contributed by atoms with E-state index >= 15 is 0 Å². The molecule has 0 radical (unpaired) electrons. The van der Waals surface area contributed by atoms with Gasteiger partial charge in [0.1, 0.15) is 5.00 Å². The topological polar surface area (TPSA) is 83.0 Å². The van der Waals surface area contributed by atoms with Crippen LogP contribution in [0.1, 0.15) is 10.6 Å². The molecule has 0 saturated heterocycles. The molecule has 16 heavy (non-hydrogen) atoms. The van der Waals surface area contributed by atoms with Crippen LogP contribution in [-0.2, 0) is 16.1 Å². The smallest absolute Gasteiger partial charge is 0.328 e. The summed E-state index contributed by atoms with van der Waals surface area (Å²) in [5.41, 5.74) is 0.751. The maximum atomic E-state index is 10.9. The Kier molecular flexibility index (Phi) is 2.97. The number of rotatable bonds is 3. The predicted octanol–water partition coefficient (Wildman–Crippen LogP) is 0.597. The average molecular weight is 238 g/mol. The molecule has 7 heteroatoms. The van der Waals surface area contributed by atoms with Crippen molar-refractivity contribution < 1.29 is 9.63 Å². The highest BCUT2D eigenvalue weighted by Gasteiger charge is 2.08. The second-order valence-electron chi connectivity index (χ2n) is 3.18. The number of nitrogens with two attached hydrogens (primary N) is 1. The summed E-state index contributed by atoms with van der Waals surface area (Å²) in [6.45, 7) is 1.92. The fourth-order valence-electron chi connectivity index (χ4n) is 1.24. The van der Waals surface area contributed by atoms with Gasteiger partial charge < -0.3 is 4.84 Å². The van der Waals surface area contributed by atoms with E-state index in [1.807, 2.05) is 6.92 Å². The molecule has 2 aromatic heterocycles. The summed E-state index contributed by atoms with van der Waals surface area (Å²) in [6.07, 6.45) is 5.21. The Morgan fingerprint density at radius 1 is 1.62 bits per heavy atom. The zero-order valence-corrected chi connectivity index (χ0v) is 9.40. The molecular formula is C9H10N4O2S. The van der Waals surface area contributed by atoms with E-state index in [0.717, 1.165) is 15.6 Å². The van der Waals surface area contributed by atoms with Crippen molar-refractivity contribution >= 4 is 17.3 Å². The van der Waals surface area contributed by atoms with Crippen LogP contribution in [0.4, 0.5) is 0 Å². The normalized spacial score (nSPS) is 10.4. The minimum Gasteiger partial charge on any atom is -0.373 e. The van der Waals surface area contributed by atoms with Crippen molar-refractivity contribution in [1.29, 1.82) is 0 Å². The number of aromatic nitrogens is 3. The van der Waals surface area contributed by atoms with Gasteiger partial charge >= 0.3 is 5.97 Å². The van der Waals surface area contributed by atoms with Crippen LogP contribution >= 0.6 is 11.3 Å². The van der Waals surface area contributed by atoms with Crippen molar-refractivity contribution in [1.82, 2.24) is 14.8 Å². The third kappa shape index (κ3) is 2.26. The van der Waals surface area contributed by atoms with Crippen LogP contribution in [0.5, 0.6) is 0 Å². The van der Waals surface area contributed by atoms with Gasteiger partial charge in [-0.3, -0.25) is 4.79 Å². The number of carbonyl (C=O) groups is 1. The molecule has 0 aliphatic heterocycles. The molecular weight excluding hydrogens is 228 g/mol. The van der Waals surface area contributed by atoms with Crippen LogP contribution in [0.2, 0.25) is 0 Å². The molecule has 2 rings (SSSR count). The molecule has 0 unspecified atom stereocenters. The molecule has 0 spiro atoms. The van der Waals surface area contributed by atoms with Crippen molar-refractivity contribution in [2.75, 3.05) is 0 Å². The number of aryl methyl sites for hydroxylation is 1. The van der Waals surface area contributed by atoms with Gasteiger partial charge in [0.2, 0.25) is 0 Å². The molecule has 0 bridgehead atoms. The lowest BCUT2D eigenvalue weighted by Crippen LogP contribution is -2.11. The maximum Gasteiger partial charge on any atom is 0.328 e. The van der Waals surface area contributed by atoms with Gasteiger partial charge in [-0.15, -0.1) is 0 Å². The first-order valence-corrected chi connectivity index (χ1v) is 5.36. The van der Waals surface area contributed by atoms with Crippen LogP contribution in [-0.4, -0.2) is 20.7 Å². The van der Waals surface area contributed by atoms with E-state index in [2.05, 4.69) is 14.9 Å². The first-order valence-electron chi connectivity index (χ1n) is 4.55. The number of hydrogen-bond acceptors (Lipinski definition) is 6. The van der Waals surface area contributed by atoms with Crippen molar-refractivity contribution in [3.63, 3.8) is 0 Å². The minimum absolute atomic E-state index is 0.119. The Bertz CT molecular complexity index is 505. The van der Waals surface area contributed by atoms with Gasteiger partial charge in [0, 0.05) is 11.8 Å². The van der Waals surface area contributed by atoms with Crippen molar-refractivity contribution in [2.45, 2.75) is 13.3 Å². The Labute approximate surface area is 95.6 Å². The Morgan fingerprint density at radius 3 is 3.06 bits per heavy atom. The number of carbonyl (C=O) groups excluding carboxylic acids is 1. The molecule has 2 aromatic rings. The SMILES string of the molecule is Cc1ncc(-n2cc(CC(=O)ON)cn2)s1. The largest absolute Gasteiger partial charge is 0.373 e. The van der Waals surface area contributed by atoms with E-state index < -0.39 is 5.97 Å². The van der Waals surface area contributed by atoms with Crippen LogP contribution in [0.25, 0.3) is 5.00 Å². The fraction of sp³-hybridized carbons (Fsp3) is 0.222. The maximum absolute atomic E-state index is 10.9. The van der Waals surface area contributed by atoms with Gasteiger partial charge in [-0.2, -0.15) is 11.0 Å². The molecule has 0 atom stereocenters. The lowest BCUT2D eigenvalue weighted by atomic mass is 10.3. The summed E-state index contributed by atoms with van der Waals surface area (Å²) in [6, 6.07) is 0. The van der Waals surface area contributed by atoms with E-state index in [0.29, 0.717) is 0 Å². The minimum atomic E-state index is -0.486. The molecule has 0 aliphatic carbocycles. The summed E-state index contributed by atoms with van der Waals surface area (Å²) in [4.78, 5) is 19.2. The molecule has 0 aliphatic rings. The first kappa shape index (κ1) is 10.8. The van der Waals surface area contributed by atoms with Crippen LogP contribution < -0.4 is 5.90 Å². The van der Waals surface area contributed by atoms with Crippen molar-refractivity contribution in [3.05, 3.63) is 29.2 Å². The second-order valence-corrected chi connectivity index (χ2v) is 4.39. The Balaban J connectivity index is 2.16. The van der Waals surface area contributed by atoms with E-state index in [9.17, 15) is 4.79 Å². The zero-order chi connectivity index (χ0) is 11.5. The summed E-state index contributed by atoms with van der Waals surface area (Å²) in [5.74, 6) is 4.27. The number of hydrogen-bond donors (Lipinski definition) is 1. The average Bonchev–Trinajstić information content (AvgIpc) is 2.87. The highest BCUT2D eigenvalue weighted by Crippen LogP contribution is 2.16. The number of thiazole rings is 1. The molecule has 2 N–H and O–H groups in total. The third-order valence-electron chi connectivity index (χ3n) is 1.95. The summed E-state index contributed by atoms with van der Waals surface area (Å²) >= 11 is 1.53. The van der Waals surface area contributed by atoms with Crippen LogP contribution in [0.15, 0.2) is 18.6 Å². The zero-order valence-electron chi connectivity index (χ0n) is 8.58. The second kappa shape index (κ2) is 4.42.